The Kier molecular flexibility index (Phi) is 3.59. The van der Waals surface area contributed by atoms with Crippen LogP contribution in [0.4, 0.5) is 4.39 Å². The first-order chi connectivity index (χ1) is 10.1. The van der Waals surface area contributed by atoms with Crippen LogP contribution >= 0.6 is 11.8 Å². The predicted octanol–water partition coefficient (Wildman–Crippen LogP) is 3.67. The molecule has 1 aliphatic rings. The van der Waals surface area contributed by atoms with Crippen LogP contribution in [0, 0.1) is 5.82 Å². The quantitative estimate of drug-likeness (QED) is 0.795. The van der Waals surface area contributed by atoms with E-state index in [1.807, 2.05) is 12.3 Å². The van der Waals surface area contributed by atoms with E-state index in [2.05, 4.69) is 9.98 Å². The van der Waals surface area contributed by atoms with Gasteiger partial charge in [-0.3, -0.25) is 4.79 Å². The first kappa shape index (κ1) is 13.9. The molecule has 3 nitrogen and oxygen atoms in total. The summed E-state index contributed by atoms with van der Waals surface area (Å²) < 4.78 is 14.1. The maximum atomic E-state index is 14.1. The monoisotopic (exact) mass is 300 g/mol. The number of carbonyl (C=O) groups excluding carboxylic acids is 1. The highest BCUT2D eigenvalue weighted by molar-refractivity contribution is 7.98. The number of carbonyl (C=O) groups is 1. The molecule has 0 radical (unpaired) electrons. The van der Waals surface area contributed by atoms with E-state index in [-0.39, 0.29) is 11.7 Å². The van der Waals surface area contributed by atoms with Gasteiger partial charge in [-0.2, -0.15) is 0 Å². The van der Waals surface area contributed by atoms with E-state index in [4.69, 9.17) is 0 Å². The van der Waals surface area contributed by atoms with Gasteiger partial charge in [0.2, 0.25) is 0 Å². The third-order valence-corrected chi connectivity index (χ3v) is 4.17. The Morgan fingerprint density at radius 3 is 2.71 bits per heavy atom. The molecule has 1 aromatic carbocycles. The Bertz CT molecular complexity index is 758. The smallest absolute Gasteiger partial charge is 0.254 e. The van der Waals surface area contributed by atoms with Crippen LogP contribution in [0.15, 0.2) is 40.4 Å². The Balaban J connectivity index is 2.30. The molecule has 1 atom stereocenters. The number of aliphatic imine (C=N–C) groups is 1. The van der Waals surface area contributed by atoms with Crippen molar-refractivity contribution < 1.29 is 9.18 Å². The molecule has 0 spiro atoms. The van der Waals surface area contributed by atoms with Crippen molar-refractivity contribution in [2.45, 2.75) is 17.9 Å². The molecule has 1 aromatic heterocycles. The molecule has 0 saturated heterocycles. The maximum Gasteiger partial charge on any atom is 0.254 e. The van der Waals surface area contributed by atoms with E-state index in [0.717, 1.165) is 16.2 Å². The molecule has 0 bridgehead atoms. The number of aromatic nitrogens is 1. The second-order valence-electron chi connectivity index (χ2n) is 4.81. The molecule has 1 amide bonds. The lowest BCUT2D eigenvalue weighted by molar-refractivity contribution is -0.119. The van der Waals surface area contributed by atoms with Crippen LogP contribution in [-0.2, 0) is 4.79 Å². The van der Waals surface area contributed by atoms with E-state index in [1.54, 1.807) is 25.1 Å². The van der Waals surface area contributed by atoms with Gasteiger partial charge in [0, 0.05) is 17.3 Å². The molecule has 2 heterocycles. The van der Waals surface area contributed by atoms with E-state index < -0.39 is 5.92 Å². The summed E-state index contributed by atoms with van der Waals surface area (Å²) in [4.78, 5) is 20.2. The summed E-state index contributed by atoms with van der Waals surface area (Å²) in [6.07, 6.45) is 3.40. The van der Waals surface area contributed by atoms with E-state index in [1.165, 1.54) is 24.0 Å². The van der Waals surface area contributed by atoms with Gasteiger partial charge < -0.3 is 0 Å². The average molecular weight is 300 g/mol. The summed E-state index contributed by atoms with van der Waals surface area (Å²) in [6, 6.07) is 8.44. The van der Waals surface area contributed by atoms with Crippen molar-refractivity contribution in [2.75, 3.05) is 6.26 Å². The van der Waals surface area contributed by atoms with Crippen molar-refractivity contribution in [1.82, 2.24) is 4.98 Å². The Labute approximate surface area is 126 Å². The molecule has 0 saturated carbocycles. The van der Waals surface area contributed by atoms with Crippen LogP contribution in [0.5, 0.6) is 0 Å². The molecule has 0 fully saturated rings. The van der Waals surface area contributed by atoms with Crippen LogP contribution in [0.3, 0.4) is 0 Å². The van der Waals surface area contributed by atoms with Crippen LogP contribution in [-0.4, -0.2) is 23.4 Å². The second kappa shape index (κ2) is 5.41. The van der Waals surface area contributed by atoms with Gasteiger partial charge in [0.25, 0.3) is 5.91 Å². The van der Waals surface area contributed by atoms with Crippen molar-refractivity contribution in [1.29, 1.82) is 0 Å². The minimum Gasteiger partial charge on any atom is -0.272 e. The molecular formula is C16H13FN2OS. The van der Waals surface area contributed by atoms with Gasteiger partial charge in [-0.25, -0.2) is 14.4 Å². The fraction of sp³-hybridized carbons (Fsp3) is 0.188. The molecular weight excluding hydrogens is 287 g/mol. The largest absolute Gasteiger partial charge is 0.272 e. The number of hydrogen-bond acceptors (Lipinski definition) is 3. The third kappa shape index (κ3) is 2.38. The number of benzene rings is 1. The normalized spacial score (nSPS) is 16.9. The zero-order valence-electron chi connectivity index (χ0n) is 11.6. The van der Waals surface area contributed by atoms with Crippen LogP contribution in [0.2, 0.25) is 0 Å². The molecule has 2 aromatic rings. The average Bonchev–Trinajstić information content (AvgIpc) is 2.51. The van der Waals surface area contributed by atoms with Crippen molar-refractivity contribution in [3.05, 3.63) is 47.4 Å². The minimum atomic E-state index is -0.400. The Morgan fingerprint density at radius 1 is 1.24 bits per heavy atom. The van der Waals surface area contributed by atoms with Crippen LogP contribution in [0.25, 0.3) is 11.1 Å². The highest BCUT2D eigenvalue weighted by Gasteiger charge is 2.26. The fourth-order valence-corrected chi connectivity index (χ4v) is 2.81. The lowest BCUT2D eigenvalue weighted by Gasteiger charge is -2.19. The van der Waals surface area contributed by atoms with Gasteiger partial charge in [0.05, 0.1) is 16.6 Å². The SMILES string of the molecule is CSc1cc(-c2ccccc2F)c2c(n1)C(C)C(=O)N=C2. The molecule has 0 N–H and O–H groups in total. The van der Waals surface area contributed by atoms with Crippen molar-refractivity contribution >= 4 is 23.9 Å². The minimum absolute atomic E-state index is 0.215. The summed E-state index contributed by atoms with van der Waals surface area (Å²) in [5, 5.41) is 0.766. The highest BCUT2D eigenvalue weighted by Crippen LogP contribution is 2.34. The van der Waals surface area contributed by atoms with E-state index in [0.29, 0.717) is 11.3 Å². The number of rotatable bonds is 2. The first-order valence-electron chi connectivity index (χ1n) is 6.53. The summed E-state index contributed by atoms with van der Waals surface area (Å²) in [5.41, 5.74) is 2.62. The van der Waals surface area contributed by atoms with Crippen LogP contribution < -0.4 is 0 Å². The van der Waals surface area contributed by atoms with Gasteiger partial charge in [-0.05, 0) is 30.9 Å². The molecule has 1 aliphatic heterocycles. The standard InChI is InChI=1S/C16H13FN2OS/c1-9-15-12(8-18-16(9)20)11(7-14(19-15)21-2)10-5-3-4-6-13(10)17/h3-9H,1-2H3. The number of hydrogen-bond donors (Lipinski definition) is 0. The molecule has 3 rings (SSSR count). The Hall–Kier alpha value is -2.01. The van der Waals surface area contributed by atoms with Crippen molar-refractivity contribution in [2.24, 2.45) is 4.99 Å². The number of pyridine rings is 1. The van der Waals surface area contributed by atoms with Gasteiger partial charge in [0.15, 0.2) is 0 Å². The van der Waals surface area contributed by atoms with Crippen LogP contribution in [0.1, 0.15) is 24.1 Å². The van der Waals surface area contributed by atoms with Gasteiger partial charge in [0.1, 0.15) is 5.82 Å². The number of fused-ring (bicyclic) bond motifs is 1. The van der Waals surface area contributed by atoms with Gasteiger partial charge in [-0.15, -0.1) is 11.8 Å². The summed E-state index contributed by atoms with van der Waals surface area (Å²) in [5.74, 6) is -0.911. The third-order valence-electron chi connectivity index (χ3n) is 3.54. The van der Waals surface area contributed by atoms with Gasteiger partial charge in [-0.1, -0.05) is 18.2 Å². The zero-order chi connectivity index (χ0) is 15.0. The summed E-state index contributed by atoms with van der Waals surface area (Å²) in [7, 11) is 0. The van der Waals surface area contributed by atoms with Crippen molar-refractivity contribution in [3.8, 4) is 11.1 Å². The Morgan fingerprint density at radius 2 is 2.00 bits per heavy atom. The summed E-state index contributed by atoms with van der Waals surface area (Å²) in [6.45, 7) is 1.78. The van der Waals surface area contributed by atoms with E-state index in [9.17, 15) is 9.18 Å². The molecule has 0 aliphatic carbocycles. The topological polar surface area (TPSA) is 42.3 Å². The second-order valence-corrected chi connectivity index (χ2v) is 5.64. The number of amides is 1. The van der Waals surface area contributed by atoms with Gasteiger partial charge >= 0.3 is 0 Å². The van der Waals surface area contributed by atoms with Crippen molar-refractivity contribution in [3.63, 3.8) is 0 Å². The molecule has 106 valence electrons. The molecule has 5 heteroatoms. The number of thioether (sulfide) groups is 1. The first-order valence-corrected chi connectivity index (χ1v) is 7.76. The lowest BCUT2D eigenvalue weighted by atomic mass is 9.92. The number of nitrogens with zero attached hydrogens (tertiary/aromatic N) is 2. The highest BCUT2D eigenvalue weighted by atomic mass is 32.2. The molecule has 21 heavy (non-hydrogen) atoms. The maximum absolute atomic E-state index is 14.1. The fourth-order valence-electron chi connectivity index (χ4n) is 2.38. The zero-order valence-corrected chi connectivity index (χ0v) is 12.4. The lowest BCUT2D eigenvalue weighted by Crippen LogP contribution is -2.17. The summed E-state index contributed by atoms with van der Waals surface area (Å²) >= 11 is 1.47. The molecule has 1 unspecified atom stereocenters. The van der Waals surface area contributed by atoms with E-state index >= 15 is 0 Å². The predicted molar refractivity (Wildman–Crippen MR) is 82.4 cm³/mol. The number of halogens is 1.